The van der Waals surface area contributed by atoms with E-state index >= 15 is 0 Å². The summed E-state index contributed by atoms with van der Waals surface area (Å²) in [5, 5.41) is 22.1. The summed E-state index contributed by atoms with van der Waals surface area (Å²) in [5.41, 5.74) is 0.763. The van der Waals surface area contributed by atoms with Crippen molar-refractivity contribution in [3.8, 4) is 10.6 Å². The summed E-state index contributed by atoms with van der Waals surface area (Å²) in [5.74, 6) is -1.75. The van der Waals surface area contributed by atoms with E-state index in [4.69, 9.17) is 5.11 Å². The average Bonchev–Trinajstić information content (AvgIpc) is 3.11. The first-order chi connectivity index (χ1) is 12.0. The molecule has 1 aliphatic heterocycles. The zero-order chi connectivity index (χ0) is 18.0. The number of benzene rings is 1. The van der Waals surface area contributed by atoms with Crippen molar-refractivity contribution in [2.75, 3.05) is 13.1 Å². The molecule has 0 saturated carbocycles. The molecule has 1 aliphatic rings. The number of nitro groups is 1. The molecule has 8 nitrogen and oxygen atoms in total. The number of non-ortho nitro benzene ring substituents is 1. The molecule has 1 aromatic carbocycles. The van der Waals surface area contributed by atoms with Gasteiger partial charge in [-0.15, -0.1) is 11.3 Å². The van der Waals surface area contributed by atoms with Gasteiger partial charge in [0.15, 0.2) is 0 Å². The summed E-state index contributed by atoms with van der Waals surface area (Å²) in [6.07, 6.45) is 1.21. The Kier molecular flexibility index (Phi) is 4.75. The molecule has 1 atom stereocenters. The Morgan fingerprint density at radius 3 is 2.92 bits per heavy atom. The SMILES string of the molecule is O=C(O)C1CCCN(C(=O)c2csc(-c3cccc([N+](=O)[O-])c3)n2)C1. The molecule has 2 aromatic rings. The summed E-state index contributed by atoms with van der Waals surface area (Å²) >= 11 is 1.22. The number of carbonyl (C=O) groups is 2. The monoisotopic (exact) mass is 361 g/mol. The Labute approximate surface area is 146 Å². The van der Waals surface area contributed by atoms with Crippen molar-refractivity contribution >= 4 is 28.9 Å². The molecule has 0 spiro atoms. The first-order valence-corrected chi connectivity index (χ1v) is 8.56. The number of aliphatic carboxylic acids is 1. The highest BCUT2D eigenvalue weighted by Gasteiger charge is 2.29. The molecule has 1 unspecified atom stereocenters. The molecule has 0 radical (unpaired) electrons. The molecule has 1 amide bonds. The van der Waals surface area contributed by atoms with Crippen LogP contribution in [0.4, 0.5) is 5.69 Å². The molecule has 130 valence electrons. The summed E-state index contributed by atoms with van der Waals surface area (Å²) in [6, 6.07) is 6.07. The maximum Gasteiger partial charge on any atom is 0.308 e. The van der Waals surface area contributed by atoms with E-state index < -0.39 is 16.8 Å². The van der Waals surface area contributed by atoms with Crippen molar-refractivity contribution in [1.82, 2.24) is 9.88 Å². The van der Waals surface area contributed by atoms with E-state index in [9.17, 15) is 19.7 Å². The van der Waals surface area contributed by atoms with Crippen molar-refractivity contribution in [2.24, 2.45) is 5.92 Å². The summed E-state index contributed by atoms with van der Waals surface area (Å²) in [6.45, 7) is 0.685. The Balaban J connectivity index is 1.79. The van der Waals surface area contributed by atoms with E-state index in [1.54, 1.807) is 17.5 Å². The van der Waals surface area contributed by atoms with Crippen molar-refractivity contribution in [2.45, 2.75) is 12.8 Å². The number of carboxylic acid groups (broad SMARTS) is 1. The second-order valence-corrected chi connectivity index (χ2v) is 6.63. The molecule has 25 heavy (non-hydrogen) atoms. The fourth-order valence-electron chi connectivity index (χ4n) is 2.78. The topological polar surface area (TPSA) is 114 Å². The molecule has 9 heteroatoms. The van der Waals surface area contributed by atoms with Crippen molar-refractivity contribution in [1.29, 1.82) is 0 Å². The van der Waals surface area contributed by atoms with E-state index in [0.29, 0.717) is 30.0 Å². The van der Waals surface area contributed by atoms with Crippen LogP contribution >= 0.6 is 11.3 Å². The van der Waals surface area contributed by atoms with Crippen LogP contribution in [-0.2, 0) is 4.79 Å². The molecule has 1 saturated heterocycles. The average molecular weight is 361 g/mol. The minimum atomic E-state index is -0.895. The van der Waals surface area contributed by atoms with Gasteiger partial charge in [-0.3, -0.25) is 19.7 Å². The van der Waals surface area contributed by atoms with Gasteiger partial charge in [0.05, 0.1) is 10.8 Å². The molecule has 1 fully saturated rings. The Morgan fingerprint density at radius 1 is 1.40 bits per heavy atom. The van der Waals surface area contributed by atoms with Crippen LogP contribution in [0.5, 0.6) is 0 Å². The van der Waals surface area contributed by atoms with E-state index in [-0.39, 0.29) is 23.8 Å². The number of hydrogen-bond acceptors (Lipinski definition) is 6. The van der Waals surface area contributed by atoms with Crippen LogP contribution in [-0.4, -0.2) is 44.9 Å². The van der Waals surface area contributed by atoms with Gasteiger partial charge in [-0.1, -0.05) is 12.1 Å². The minimum absolute atomic E-state index is 0.0408. The predicted molar refractivity (Wildman–Crippen MR) is 90.5 cm³/mol. The predicted octanol–water partition coefficient (Wildman–Crippen LogP) is 2.66. The van der Waals surface area contributed by atoms with Crippen LogP contribution in [0.25, 0.3) is 10.6 Å². The third-order valence-corrected chi connectivity index (χ3v) is 4.98. The quantitative estimate of drug-likeness (QED) is 0.661. The van der Waals surface area contributed by atoms with Gasteiger partial charge in [-0.25, -0.2) is 4.98 Å². The number of likely N-dealkylation sites (tertiary alicyclic amines) is 1. The van der Waals surface area contributed by atoms with E-state index in [1.807, 2.05) is 0 Å². The van der Waals surface area contributed by atoms with E-state index in [2.05, 4.69) is 4.98 Å². The van der Waals surface area contributed by atoms with Crippen LogP contribution in [0.15, 0.2) is 29.6 Å². The lowest BCUT2D eigenvalue weighted by Crippen LogP contribution is -2.42. The van der Waals surface area contributed by atoms with Crippen molar-refractivity contribution in [3.05, 3.63) is 45.5 Å². The van der Waals surface area contributed by atoms with E-state index in [0.717, 1.165) is 0 Å². The minimum Gasteiger partial charge on any atom is -0.481 e. The van der Waals surface area contributed by atoms with Gasteiger partial charge in [0.2, 0.25) is 0 Å². The number of amides is 1. The van der Waals surface area contributed by atoms with E-state index in [1.165, 1.54) is 28.4 Å². The molecular formula is C16H15N3O5S. The Bertz CT molecular complexity index is 835. The Hall–Kier alpha value is -2.81. The number of nitrogens with zero attached hydrogens (tertiary/aromatic N) is 3. The molecule has 3 rings (SSSR count). The standard InChI is InChI=1S/C16H15N3O5S/c20-15(18-6-2-4-11(8-18)16(21)22)13-9-25-14(17-13)10-3-1-5-12(7-10)19(23)24/h1,3,5,7,9,11H,2,4,6,8H2,(H,21,22). The van der Waals surface area contributed by atoms with Crippen molar-refractivity contribution in [3.63, 3.8) is 0 Å². The highest BCUT2D eigenvalue weighted by Crippen LogP contribution is 2.28. The number of carbonyl (C=O) groups excluding carboxylic acids is 1. The Morgan fingerprint density at radius 2 is 2.20 bits per heavy atom. The number of nitro benzene ring substituents is 1. The second-order valence-electron chi connectivity index (χ2n) is 5.77. The van der Waals surface area contributed by atoms with Crippen LogP contribution in [0, 0.1) is 16.0 Å². The zero-order valence-corrected chi connectivity index (χ0v) is 13.9. The van der Waals surface area contributed by atoms with Gasteiger partial charge in [0.1, 0.15) is 10.7 Å². The fourth-order valence-corrected chi connectivity index (χ4v) is 3.57. The first-order valence-electron chi connectivity index (χ1n) is 7.68. The fraction of sp³-hybridized carbons (Fsp3) is 0.312. The third-order valence-electron chi connectivity index (χ3n) is 4.09. The summed E-state index contributed by atoms with van der Waals surface area (Å²) in [4.78, 5) is 39.9. The number of rotatable bonds is 4. The second kappa shape index (κ2) is 6.98. The zero-order valence-electron chi connectivity index (χ0n) is 13.1. The largest absolute Gasteiger partial charge is 0.481 e. The number of thiazole rings is 1. The maximum atomic E-state index is 12.6. The van der Waals surface area contributed by atoms with Gasteiger partial charge in [0.25, 0.3) is 11.6 Å². The normalized spacial score (nSPS) is 17.3. The third kappa shape index (κ3) is 3.66. The van der Waals surface area contributed by atoms with Crippen LogP contribution in [0.3, 0.4) is 0 Å². The molecule has 0 bridgehead atoms. The molecule has 1 aromatic heterocycles. The highest BCUT2D eigenvalue weighted by molar-refractivity contribution is 7.13. The maximum absolute atomic E-state index is 12.6. The van der Waals surface area contributed by atoms with Gasteiger partial charge in [0, 0.05) is 36.2 Å². The summed E-state index contributed by atoms with van der Waals surface area (Å²) in [7, 11) is 0. The molecular weight excluding hydrogens is 346 g/mol. The number of hydrogen-bond donors (Lipinski definition) is 1. The lowest BCUT2D eigenvalue weighted by molar-refractivity contribution is -0.384. The smallest absolute Gasteiger partial charge is 0.308 e. The molecule has 0 aliphatic carbocycles. The van der Waals surface area contributed by atoms with Gasteiger partial charge in [-0.05, 0) is 12.8 Å². The van der Waals surface area contributed by atoms with Gasteiger partial charge < -0.3 is 10.0 Å². The van der Waals surface area contributed by atoms with Crippen molar-refractivity contribution < 1.29 is 19.6 Å². The van der Waals surface area contributed by atoms with Crippen LogP contribution in [0.2, 0.25) is 0 Å². The first kappa shape index (κ1) is 17.0. The van der Waals surface area contributed by atoms with Crippen LogP contribution < -0.4 is 0 Å². The highest BCUT2D eigenvalue weighted by atomic mass is 32.1. The molecule has 1 N–H and O–H groups in total. The number of piperidine rings is 1. The van der Waals surface area contributed by atoms with Gasteiger partial charge >= 0.3 is 5.97 Å². The lowest BCUT2D eigenvalue weighted by atomic mass is 9.98. The lowest BCUT2D eigenvalue weighted by Gasteiger charge is -2.30. The van der Waals surface area contributed by atoms with Gasteiger partial charge in [-0.2, -0.15) is 0 Å². The molecule has 2 heterocycles. The number of carboxylic acids is 1. The van der Waals surface area contributed by atoms with Crippen LogP contribution in [0.1, 0.15) is 23.3 Å². The number of aromatic nitrogens is 1. The summed E-state index contributed by atoms with van der Waals surface area (Å²) < 4.78 is 0.